The number of benzene rings is 1. The summed E-state index contributed by atoms with van der Waals surface area (Å²) in [6.45, 7) is 1.94. The quantitative estimate of drug-likeness (QED) is 0.861. The van der Waals surface area contributed by atoms with Crippen LogP contribution in [0.3, 0.4) is 0 Å². The first-order valence-corrected chi connectivity index (χ1v) is 6.45. The minimum absolute atomic E-state index is 0.0965. The van der Waals surface area contributed by atoms with Crippen molar-refractivity contribution >= 4 is 5.91 Å². The van der Waals surface area contributed by atoms with Gasteiger partial charge in [0.15, 0.2) is 0 Å². The Morgan fingerprint density at radius 1 is 1.37 bits per heavy atom. The van der Waals surface area contributed by atoms with Crippen LogP contribution in [-0.2, 0) is 16.1 Å². The van der Waals surface area contributed by atoms with Gasteiger partial charge in [-0.15, -0.1) is 0 Å². The van der Waals surface area contributed by atoms with E-state index in [-0.39, 0.29) is 11.7 Å². The molecule has 0 aliphatic carbocycles. The highest BCUT2D eigenvalue weighted by Gasteiger charge is 2.39. The van der Waals surface area contributed by atoms with E-state index in [2.05, 4.69) is 10.6 Å². The van der Waals surface area contributed by atoms with Gasteiger partial charge in [-0.05, 0) is 43.6 Å². The summed E-state index contributed by atoms with van der Waals surface area (Å²) in [6.07, 6.45) is 1.33. The lowest BCUT2D eigenvalue weighted by atomic mass is 9.91. The topological polar surface area (TPSA) is 50.4 Å². The monoisotopic (exact) mass is 266 g/mol. The number of hydrogen-bond acceptors (Lipinski definition) is 3. The maximum absolute atomic E-state index is 12.8. The van der Waals surface area contributed by atoms with Gasteiger partial charge in [0.25, 0.3) is 5.91 Å². The van der Waals surface area contributed by atoms with Crippen molar-refractivity contribution in [3.63, 3.8) is 0 Å². The Bertz CT molecular complexity index is 428. The Kier molecular flexibility index (Phi) is 4.50. The highest BCUT2D eigenvalue weighted by Crippen LogP contribution is 2.22. The van der Waals surface area contributed by atoms with Gasteiger partial charge in [-0.25, -0.2) is 4.39 Å². The van der Waals surface area contributed by atoms with Crippen molar-refractivity contribution in [1.29, 1.82) is 0 Å². The van der Waals surface area contributed by atoms with E-state index in [0.717, 1.165) is 18.7 Å². The molecule has 2 N–H and O–H groups in total. The number of halogens is 1. The molecule has 0 atom stereocenters. The molecule has 5 heteroatoms. The van der Waals surface area contributed by atoms with Crippen molar-refractivity contribution in [2.24, 2.45) is 0 Å². The van der Waals surface area contributed by atoms with Gasteiger partial charge in [0.05, 0.1) is 0 Å². The van der Waals surface area contributed by atoms with E-state index >= 15 is 0 Å². The molecule has 2 rings (SSSR count). The van der Waals surface area contributed by atoms with Gasteiger partial charge < -0.3 is 15.4 Å². The van der Waals surface area contributed by atoms with E-state index in [0.29, 0.717) is 19.4 Å². The van der Waals surface area contributed by atoms with E-state index in [1.165, 1.54) is 12.1 Å². The first kappa shape index (κ1) is 14.0. The smallest absolute Gasteiger partial charge is 0.252 e. The summed E-state index contributed by atoms with van der Waals surface area (Å²) in [5, 5.41) is 6.07. The maximum atomic E-state index is 12.8. The average molecular weight is 266 g/mol. The molecule has 1 amide bonds. The summed E-state index contributed by atoms with van der Waals surface area (Å²) >= 11 is 0. The number of hydrogen-bond donors (Lipinski definition) is 2. The number of carbonyl (C=O) groups is 1. The molecule has 1 fully saturated rings. The van der Waals surface area contributed by atoms with E-state index in [4.69, 9.17) is 4.74 Å². The van der Waals surface area contributed by atoms with Crippen LogP contribution in [0.1, 0.15) is 18.4 Å². The van der Waals surface area contributed by atoms with Crippen molar-refractivity contribution in [1.82, 2.24) is 10.6 Å². The van der Waals surface area contributed by atoms with Gasteiger partial charge in [0.1, 0.15) is 11.4 Å². The molecule has 1 aliphatic rings. The summed E-state index contributed by atoms with van der Waals surface area (Å²) in [6, 6.07) is 6.10. The zero-order valence-electron chi connectivity index (χ0n) is 11.0. The molecular formula is C14H19FN2O2. The van der Waals surface area contributed by atoms with Crippen LogP contribution < -0.4 is 10.6 Å². The van der Waals surface area contributed by atoms with Crippen molar-refractivity contribution in [3.05, 3.63) is 35.6 Å². The largest absolute Gasteiger partial charge is 0.368 e. The number of ether oxygens (including phenoxy) is 1. The fraction of sp³-hybridized carbons (Fsp3) is 0.500. The summed E-state index contributed by atoms with van der Waals surface area (Å²) in [4.78, 5) is 12.3. The Hall–Kier alpha value is -1.46. The van der Waals surface area contributed by atoms with Crippen LogP contribution in [0.4, 0.5) is 4.39 Å². The molecule has 0 saturated carbocycles. The van der Waals surface area contributed by atoms with Gasteiger partial charge in [-0.3, -0.25) is 4.79 Å². The minimum Gasteiger partial charge on any atom is -0.368 e. The van der Waals surface area contributed by atoms with Crippen LogP contribution in [-0.4, -0.2) is 31.7 Å². The lowest BCUT2D eigenvalue weighted by Crippen LogP contribution is -2.53. The summed E-state index contributed by atoms with van der Waals surface area (Å²) < 4.78 is 18.2. The molecule has 0 unspecified atom stereocenters. The van der Waals surface area contributed by atoms with Crippen LogP contribution >= 0.6 is 0 Å². The Morgan fingerprint density at radius 3 is 2.58 bits per heavy atom. The number of amides is 1. The molecule has 0 spiro atoms. The van der Waals surface area contributed by atoms with E-state index in [9.17, 15) is 9.18 Å². The molecule has 0 bridgehead atoms. The van der Waals surface area contributed by atoms with E-state index in [1.807, 2.05) is 0 Å². The number of piperidine rings is 1. The minimum atomic E-state index is -0.731. The summed E-state index contributed by atoms with van der Waals surface area (Å²) in [5.74, 6) is -0.373. The number of rotatable bonds is 4. The van der Waals surface area contributed by atoms with Crippen LogP contribution in [0.5, 0.6) is 0 Å². The number of carbonyl (C=O) groups excluding carboxylic acids is 1. The SMILES string of the molecule is COC1(C(=O)NCc2ccc(F)cc2)CCNCC1. The molecule has 1 aromatic carbocycles. The summed E-state index contributed by atoms with van der Waals surface area (Å²) in [7, 11) is 1.57. The summed E-state index contributed by atoms with van der Waals surface area (Å²) in [5.41, 5.74) is 0.139. The molecule has 4 nitrogen and oxygen atoms in total. The molecule has 0 radical (unpaired) electrons. The molecule has 1 aromatic rings. The fourth-order valence-electron chi connectivity index (χ4n) is 2.30. The van der Waals surface area contributed by atoms with Crippen LogP contribution in [0.2, 0.25) is 0 Å². The third-order valence-electron chi connectivity index (χ3n) is 3.58. The van der Waals surface area contributed by atoms with E-state index < -0.39 is 5.60 Å². The van der Waals surface area contributed by atoms with Crippen molar-refractivity contribution in [2.75, 3.05) is 20.2 Å². The first-order valence-electron chi connectivity index (χ1n) is 6.45. The third kappa shape index (κ3) is 3.30. The van der Waals surface area contributed by atoms with Gasteiger partial charge in [0, 0.05) is 13.7 Å². The molecule has 19 heavy (non-hydrogen) atoms. The lowest BCUT2D eigenvalue weighted by molar-refractivity contribution is -0.146. The molecule has 1 heterocycles. The molecule has 104 valence electrons. The van der Waals surface area contributed by atoms with Gasteiger partial charge in [-0.2, -0.15) is 0 Å². The second-order valence-corrected chi connectivity index (χ2v) is 4.76. The Balaban J connectivity index is 1.94. The number of methoxy groups -OCH3 is 1. The van der Waals surface area contributed by atoms with Crippen LogP contribution in [0, 0.1) is 5.82 Å². The van der Waals surface area contributed by atoms with Crippen LogP contribution in [0.15, 0.2) is 24.3 Å². The van der Waals surface area contributed by atoms with Crippen molar-refractivity contribution in [3.8, 4) is 0 Å². The predicted molar refractivity (Wildman–Crippen MR) is 70.1 cm³/mol. The Labute approximate surface area is 112 Å². The predicted octanol–water partition coefficient (Wildman–Crippen LogP) is 1.21. The highest BCUT2D eigenvalue weighted by atomic mass is 19.1. The standard InChI is InChI=1S/C14H19FN2O2/c1-19-14(6-8-16-9-7-14)13(18)17-10-11-2-4-12(15)5-3-11/h2-5,16H,6-10H2,1H3,(H,17,18). The zero-order valence-corrected chi connectivity index (χ0v) is 11.0. The molecule has 1 saturated heterocycles. The van der Waals surface area contributed by atoms with E-state index in [1.54, 1.807) is 19.2 Å². The second-order valence-electron chi connectivity index (χ2n) is 4.76. The average Bonchev–Trinajstić information content (AvgIpc) is 2.47. The molecular weight excluding hydrogens is 247 g/mol. The maximum Gasteiger partial charge on any atom is 0.252 e. The zero-order chi connectivity index (χ0) is 13.7. The fourth-order valence-corrected chi connectivity index (χ4v) is 2.30. The van der Waals surface area contributed by atoms with Gasteiger partial charge >= 0.3 is 0 Å². The third-order valence-corrected chi connectivity index (χ3v) is 3.58. The van der Waals surface area contributed by atoms with Crippen molar-refractivity contribution in [2.45, 2.75) is 25.0 Å². The molecule has 0 aromatic heterocycles. The van der Waals surface area contributed by atoms with Crippen LogP contribution in [0.25, 0.3) is 0 Å². The lowest BCUT2D eigenvalue weighted by Gasteiger charge is -2.34. The van der Waals surface area contributed by atoms with Crippen molar-refractivity contribution < 1.29 is 13.9 Å². The highest BCUT2D eigenvalue weighted by molar-refractivity contribution is 5.85. The number of nitrogens with one attached hydrogen (secondary N) is 2. The Morgan fingerprint density at radius 2 is 2.00 bits per heavy atom. The first-order chi connectivity index (χ1) is 9.16. The second kappa shape index (κ2) is 6.12. The normalized spacial score (nSPS) is 18.0. The van der Waals surface area contributed by atoms with Gasteiger partial charge in [0.2, 0.25) is 0 Å². The molecule has 1 aliphatic heterocycles. The van der Waals surface area contributed by atoms with Gasteiger partial charge in [-0.1, -0.05) is 12.1 Å².